The lowest BCUT2D eigenvalue weighted by Gasteiger charge is -2.30. The Labute approximate surface area is 178 Å². The summed E-state index contributed by atoms with van der Waals surface area (Å²) in [6.45, 7) is 6.16. The highest BCUT2D eigenvalue weighted by molar-refractivity contribution is 7.98. The SMILES string of the molecule is CC[C@H](C(=O)NCCSCc1ccccc1)N(c1cc(C)cc(C)c1)S(C)(=O)=O. The molecular formula is C22H30N2O3S2. The number of nitrogens with zero attached hydrogens (tertiary/aromatic N) is 1. The van der Waals surface area contributed by atoms with Crippen LogP contribution in [-0.2, 0) is 20.6 Å². The number of nitrogens with one attached hydrogen (secondary N) is 1. The second-order valence-electron chi connectivity index (χ2n) is 7.16. The second-order valence-corrected chi connectivity index (χ2v) is 10.1. The number of carbonyl (C=O) groups is 1. The van der Waals surface area contributed by atoms with Crippen LogP contribution in [-0.4, -0.2) is 38.9 Å². The summed E-state index contributed by atoms with van der Waals surface area (Å²) in [5.74, 6) is 1.38. The van der Waals surface area contributed by atoms with Crippen LogP contribution >= 0.6 is 11.8 Å². The molecule has 2 aromatic rings. The normalized spacial score (nSPS) is 12.4. The summed E-state index contributed by atoms with van der Waals surface area (Å²) in [6.07, 6.45) is 1.54. The van der Waals surface area contributed by atoms with E-state index < -0.39 is 16.1 Å². The molecule has 0 saturated carbocycles. The Morgan fingerprint density at radius 3 is 2.28 bits per heavy atom. The van der Waals surface area contributed by atoms with Gasteiger partial charge in [0.15, 0.2) is 0 Å². The van der Waals surface area contributed by atoms with Crippen LogP contribution in [0.3, 0.4) is 0 Å². The molecule has 0 aliphatic rings. The molecule has 0 saturated heterocycles. The Hall–Kier alpha value is -1.99. The van der Waals surface area contributed by atoms with Crippen molar-refractivity contribution in [2.75, 3.05) is 22.9 Å². The summed E-state index contributed by atoms with van der Waals surface area (Å²) in [7, 11) is -3.61. The summed E-state index contributed by atoms with van der Waals surface area (Å²) >= 11 is 1.74. The quantitative estimate of drug-likeness (QED) is 0.576. The van der Waals surface area contributed by atoms with E-state index in [0.717, 1.165) is 28.9 Å². The largest absolute Gasteiger partial charge is 0.353 e. The predicted molar refractivity (Wildman–Crippen MR) is 123 cm³/mol. The molecule has 2 rings (SSSR count). The van der Waals surface area contributed by atoms with Crippen LogP contribution in [0, 0.1) is 13.8 Å². The summed E-state index contributed by atoms with van der Waals surface area (Å²) in [5.41, 5.74) is 3.70. The van der Waals surface area contributed by atoms with E-state index in [9.17, 15) is 13.2 Å². The molecule has 2 aromatic carbocycles. The van der Waals surface area contributed by atoms with Crippen LogP contribution in [0.15, 0.2) is 48.5 Å². The lowest BCUT2D eigenvalue weighted by molar-refractivity contribution is -0.122. The number of hydrogen-bond donors (Lipinski definition) is 1. The van der Waals surface area contributed by atoms with E-state index in [1.807, 2.05) is 45.0 Å². The van der Waals surface area contributed by atoms with Gasteiger partial charge in [0.2, 0.25) is 15.9 Å². The van der Waals surface area contributed by atoms with Gasteiger partial charge in [-0.2, -0.15) is 11.8 Å². The molecule has 1 N–H and O–H groups in total. The van der Waals surface area contributed by atoms with Crippen molar-refractivity contribution < 1.29 is 13.2 Å². The van der Waals surface area contributed by atoms with Gasteiger partial charge in [-0.1, -0.05) is 43.3 Å². The van der Waals surface area contributed by atoms with Crippen molar-refractivity contribution in [3.8, 4) is 0 Å². The highest BCUT2D eigenvalue weighted by atomic mass is 32.2. The molecule has 0 fully saturated rings. The van der Waals surface area contributed by atoms with Crippen LogP contribution < -0.4 is 9.62 Å². The molecule has 7 heteroatoms. The van der Waals surface area contributed by atoms with E-state index >= 15 is 0 Å². The van der Waals surface area contributed by atoms with Crippen molar-refractivity contribution in [2.45, 2.75) is 39.0 Å². The number of thioether (sulfide) groups is 1. The predicted octanol–water partition coefficient (Wildman–Crippen LogP) is 3.90. The molecule has 0 aliphatic heterocycles. The van der Waals surface area contributed by atoms with Gasteiger partial charge in [-0.25, -0.2) is 8.42 Å². The van der Waals surface area contributed by atoms with E-state index in [1.165, 1.54) is 9.87 Å². The fourth-order valence-electron chi connectivity index (χ4n) is 3.27. The molecule has 29 heavy (non-hydrogen) atoms. The van der Waals surface area contributed by atoms with Gasteiger partial charge in [0.25, 0.3) is 0 Å². The van der Waals surface area contributed by atoms with Gasteiger partial charge in [0.05, 0.1) is 11.9 Å². The van der Waals surface area contributed by atoms with Gasteiger partial charge in [0.1, 0.15) is 6.04 Å². The number of aryl methyl sites for hydroxylation is 2. The first kappa shape index (κ1) is 23.3. The lowest BCUT2D eigenvalue weighted by Crippen LogP contribution is -2.49. The maximum atomic E-state index is 12.8. The summed E-state index contributed by atoms with van der Waals surface area (Å²) in [4.78, 5) is 12.8. The first-order chi connectivity index (χ1) is 13.7. The first-order valence-corrected chi connectivity index (χ1v) is 12.7. The van der Waals surface area contributed by atoms with Crippen molar-refractivity contribution in [3.05, 3.63) is 65.2 Å². The van der Waals surface area contributed by atoms with Crippen molar-refractivity contribution in [1.29, 1.82) is 0 Å². The Balaban J connectivity index is 2.02. The molecular weight excluding hydrogens is 404 g/mol. The second kappa shape index (κ2) is 10.7. The number of amides is 1. The third-order valence-corrected chi connectivity index (χ3v) is 6.66. The van der Waals surface area contributed by atoms with Gasteiger partial charge in [-0.3, -0.25) is 9.10 Å². The molecule has 0 bridgehead atoms. The fourth-order valence-corrected chi connectivity index (χ4v) is 5.28. The smallest absolute Gasteiger partial charge is 0.243 e. The molecule has 0 heterocycles. The zero-order valence-corrected chi connectivity index (χ0v) is 19.1. The molecule has 0 radical (unpaired) electrons. The molecule has 0 unspecified atom stereocenters. The number of sulfonamides is 1. The minimum absolute atomic E-state index is 0.266. The van der Waals surface area contributed by atoms with Gasteiger partial charge in [0, 0.05) is 18.1 Å². The zero-order valence-electron chi connectivity index (χ0n) is 17.5. The van der Waals surface area contributed by atoms with Crippen LogP contribution in [0.1, 0.15) is 30.0 Å². The maximum absolute atomic E-state index is 12.8. The van der Waals surface area contributed by atoms with Gasteiger partial charge >= 0.3 is 0 Å². The van der Waals surface area contributed by atoms with Crippen LogP contribution in [0.4, 0.5) is 5.69 Å². The topological polar surface area (TPSA) is 66.5 Å². The Morgan fingerprint density at radius 2 is 1.72 bits per heavy atom. The number of benzene rings is 2. The molecule has 1 amide bonds. The van der Waals surface area contributed by atoms with E-state index in [2.05, 4.69) is 17.4 Å². The average molecular weight is 435 g/mol. The molecule has 158 valence electrons. The van der Waals surface area contributed by atoms with Crippen LogP contribution in [0.25, 0.3) is 0 Å². The maximum Gasteiger partial charge on any atom is 0.243 e. The van der Waals surface area contributed by atoms with Crippen molar-refractivity contribution >= 4 is 33.4 Å². The Kier molecular flexibility index (Phi) is 8.59. The molecule has 0 aliphatic carbocycles. The van der Waals surface area contributed by atoms with E-state index in [0.29, 0.717) is 18.7 Å². The Bertz CT molecular complexity index is 895. The molecule has 0 spiro atoms. The number of hydrogen-bond acceptors (Lipinski definition) is 4. The summed E-state index contributed by atoms with van der Waals surface area (Å²) < 4.78 is 26.3. The highest BCUT2D eigenvalue weighted by Gasteiger charge is 2.31. The standard InChI is InChI=1S/C22H30N2O3S2/c1-5-21(22(25)23-11-12-28-16-19-9-7-6-8-10-19)24(29(4,26)27)20-14-17(2)13-18(3)15-20/h6-10,13-15,21H,5,11-12,16H2,1-4H3,(H,23,25)/t21-/m1/s1. The van der Waals surface area contributed by atoms with Gasteiger partial charge < -0.3 is 5.32 Å². The third kappa shape index (κ3) is 7.08. The summed E-state index contributed by atoms with van der Waals surface area (Å²) in [5, 5.41) is 2.91. The van der Waals surface area contributed by atoms with E-state index in [4.69, 9.17) is 0 Å². The number of rotatable bonds is 10. The van der Waals surface area contributed by atoms with Crippen LogP contribution in [0.2, 0.25) is 0 Å². The number of carbonyl (C=O) groups excluding carboxylic acids is 1. The minimum Gasteiger partial charge on any atom is -0.353 e. The van der Waals surface area contributed by atoms with Crippen LogP contribution in [0.5, 0.6) is 0 Å². The van der Waals surface area contributed by atoms with Crippen molar-refractivity contribution in [1.82, 2.24) is 5.32 Å². The average Bonchev–Trinajstić information content (AvgIpc) is 2.64. The van der Waals surface area contributed by atoms with Gasteiger partial charge in [-0.05, 0) is 49.1 Å². The number of anilines is 1. The zero-order chi connectivity index (χ0) is 21.4. The van der Waals surface area contributed by atoms with Gasteiger partial charge in [-0.15, -0.1) is 0 Å². The van der Waals surface area contributed by atoms with Crippen molar-refractivity contribution in [3.63, 3.8) is 0 Å². The van der Waals surface area contributed by atoms with E-state index in [-0.39, 0.29) is 5.91 Å². The molecule has 5 nitrogen and oxygen atoms in total. The Morgan fingerprint density at radius 1 is 1.10 bits per heavy atom. The lowest BCUT2D eigenvalue weighted by atomic mass is 10.1. The summed E-state index contributed by atoms with van der Waals surface area (Å²) in [6, 6.07) is 15.0. The molecule has 1 atom stereocenters. The first-order valence-electron chi connectivity index (χ1n) is 9.69. The highest BCUT2D eigenvalue weighted by Crippen LogP contribution is 2.25. The third-order valence-electron chi connectivity index (χ3n) is 4.45. The fraction of sp³-hybridized carbons (Fsp3) is 0.409. The molecule has 0 aromatic heterocycles. The van der Waals surface area contributed by atoms with Crippen molar-refractivity contribution in [2.24, 2.45) is 0 Å². The van der Waals surface area contributed by atoms with E-state index in [1.54, 1.807) is 23.9 Å². The monoisotopic (exact) mass is 434 g/mol. The minimum atomic E-state index is -3.61.